The van der Waals surface area contributed by atoms with Crippen molar-refractivity contribution in [1.82, 2.24) is 20.0 Å². The first-order valence-corrected chi connectivity index (χ1v) is 9.60. The highest BCUT2D eigenvalue weighted by molar-refractivity contribution is 5.77. The van der Waals surface area contributed by atoms with E-state index in [0.717, 1.165) is 78.2 Å². The fourth-order valence-electron chi connectivity index (χ4n) is 3.29. The van der Waals surface area contributed by atoms with Gasteiger partial charge in [0.25, 0.3) is 0 Å². The van der Waals surface area contributed by atoms with Gasteiger partial charge in [0, 0.05) is 26.2 Å². The summed E-state index contributed by atoms with van der Waals surface area (Å²) in [5.74, 6) is -0.535. The summed E-state index contributed by atoms with van der Waals surface area (Å²) in [6, 6.07) is 0. The number of nitrogens with one attached hydrogen (secondary N) is 1. The standard InChI is InChI=1S/C18H36N4O3/c1-3-8-20-10-5-11-21(15-17(2)23)12-7-19-6-4-9-22(14-13-20)16-18(24)25/h19H,3-16H2,1-2H3,(H,24,25). The van der Waals surface area contributed by atoms with Gasteiger partial charge in [0.1, 0.15) is 5.78 Å². The van der Waals surface area contributed by atoms with Crippen molar-refractivity contribution in [3.05, 3.63) is 0 Å². The molecule has 1 aliphatic rings. The van der Waals surface area contributed by atoms with Crippen molar-refractivity contribution >= 4 is 11.8 Å². The first kappa shape index (κ1) is 22.0. The molecule has 1 fully saturated rings. The number of hydrogen-bond acceptors (Lipinski definition) is 6. The molecule has 7 heteroatoms. The second-order valence-electron chi connectivity index (χ2n) is 6.95. The zero-order valence-electron chi connectivity index (χ0n) is 16.0. The third kappa shape index (κ3) is 11.3. The van der Waals surface area contributed by atoms with Crippen molar-refractivity contribution in [1.29, 1.82) is 0 Å². The Morgan fingerprint density at radius 3 is 2.20 bits per heavy atom. The van der Waals surface area contributed by atoms with Crippen LogP contribution in [0.5, 0.6) is 0 Å². The summed E-state index contributed by atoms with van der Waals surface area (Å²) in [6.07, 6.45) is 3.07. The van der Waals surface area contributed by atoms with Crippen LogP contribution < -0.4 is 5.32 Å². The number of carbonyl (C=O) groups excluding carboxylic acids is 1. The summed E-state index contributed by atoms with van der Waals surface area (Å²) in [7, 11) is 0. The fraction of sp³-hybridized carbons (Fsp3) is 0.889. The number of carboxylic acid groups (broad SMARTS) is 1. The van der Waals surface area contributed by atoms with Crippen LogP contribution in [0, 0.1) is 0 Å². The molecule has 7 nitrogen and oxygen atoms in total. The van der Waals surface area contributed by atoms with Gasteiger partial charge in [0.05, 0.1) is 13.1 Å². The van der Waals surface area contributed by atoms with Crippen molar-refractivity contribution in [2.75, 3.05) is 72.0 Å². The molecule has 1 rings (SSSR count). The summed E-state index contributed by atoms with van der Waals surface area (Å²) in [5, 5.41) is 12.5. The molecule has 0 amide bonds. The highest BCUT2D eigenvalue weighted by Gasteiger charge is 2.14. The quantitative estimate of drug-likeness (QED) is 0.712. The number of Topliss-reactive ketones (excluding diaryl/α,β-unsaturated/α-hetero) is 1. The number of rotatable bonds is 6. The average molecular weight is 357 g/mol. The van der Waals surface area contributed by atoms with Crippen LogP contribution in [0.3, 0.4) is 0 Å². The lowest BCUT2D eigenvalue weighted by Crippen LogP contribution is -2.42. The van der Waals surface area contributed by atoms with Gasteiger partial charge in [-0.15, -0.1) is 0 Å². The minimum atomic E-state index is -0.754. The Kier molecular flexibility index (Phi) is 11.6. The highest BCUT2D eigenvalue weighted by atomic mass is 16.4. The Labute approximate surface area is 152 Å². The van der Waals surface area contributed by atoms with Crippen LogP contribution >= 0.6 is 0 Å². The SMILES string of the molecule is CCCN1CCCN(CC(C)=O)CCNCCCN(CC(=O)O)CC1. The average Bonchev–Trinajstić information content (AvgIpc) is 2.53. The lowest BCUT2D eigenvalue weighted by atomic mass is 10.2. The molecule has 0 aromatic heterocycles. The van der Waals surface area contributed by atoms with E-state index in [9.17, 15) is 9.59 Å². The topological polar surface area (TPSA) is 76.1 Å². The Hall–Kier alpha value is -1.02. The fourth-order valence-corrected chi connectivity index (χ4v) is 3.29. The Balaban J connectivity index is 2.60. The van der Waals surface area contributed by atoms with Gasteiger partial charge in [0.15, 0.2) is 0 Å². The number of hydrogen-bond donors (Lipinski definition) is 2. The van der Waals surface area contributed by atoms with Gasteiger partial charge in [-0.2, -0.15) is 0 Å². The van der Waals surface area contributed by atoms with E-state index in [4.69, 9.17) is 5.11 Å². The molecule has 0 atom stereocenters. The van der Waals surface area contributed by atoms with Crippen molar-refractivity contribution in [3.8, 4) is 0 Å². The number of aliphatic carboxylic acids is 1. The molecular formula is C18H36N4O3. The lowest BCUT2D eigenvalue weighted by Gasteiger charge is -2.28. The Morgan fingerprint density at radius 2 is 1.52 bits per heavy atom. The summed E-state index contributed by atoms with van der Waals surface area (Å²) in [4.78, 5) is 29.2. The summed E-state index contributed by atoms with van der Waals surface area (Å²) in [6.45, 7) is 12.6. The Morgan fingerprint density at radius 1 is 0.880 bits per heavy atom. The zero-order chi connectivity index (χ0) is 18.5. The normalized spacial score (nSPS) is 20.9. The van der Waals surface area contributed by atoms with E-state index in [1.54, 1.807) is 6.92 Å². The van der Waals surface area contributed by atoms with Crippen molar-refractivity contribution in [2.45, 2.75) is 33.1 Å². The van der Waals surface area contributed by atoms with Gasteiger partial charge in [0.2, 0.25) is 0 Å². The number of nitrogens with zero attached hydrogens (tertiary/aromatic N) is 3. The van der Waals surface area contributed by atoms with Crippen molar-refractivity contribution < 1.29 is 14.7 Å². The van der Waals surface area contributed by atoms with Gasteiger partial charge in [-0.05, 0) is 58.9 Å². The van der Waals surface area contributed by atoms with Gasteiger partial charge in [-0.25, -0.2) is 0 Å². The third-order valence-electron chi connectivity index (χ3n) is 4.46. The number of carboxylic acids is 1. The van der Waals surface area contributed by atoms with Crippen LogP contribution in [0.1, 0.15) is 33.1 Å². The maximum absolute atomic E-state index is 11.5. The molecule has 0 unspecified atom stereocenters. The molecule has 0 aromatic rings. The molecule has 1 heterocycles. The van der Waals surface area contributed by atoms with Crippen molar-refractivity contribution in [2.24, 2.45) is 0 Å². The minimum Gasteiger partial charge on any atom is -0.480 e. The van der Waals surface area contributed by atoms with E-state index in [2.05, 4.69) is 22.0 Å². The third-order valence-corrected chi connectivity index (χ3v) is 4.46. The van der Waals surface area contributed by atoms with Crippen LogP contribution in [0.15, 0.2) is 0 Å². The maximum Gasteiger partial charge on any atom is 0.317 e. The second-order valence-corrected chi connectivity index (χ2v) is 6.95. The molecule has 2 N–H and O–H groups in total. The minimum absolute atomic E-state index is 0.117. The molecule has 0 aliphatic carbocycles. The van der Waals surface area contributed by atoms with E-state index in [1.807, 2.05) is 4.90 Å². The summed E-state index contributed by atoms with van der Waals surface area (Å²) >= 11 is 0. The highest BCUT2D eigenvalue weighted by Crippen LogP contribution is 2.01. The molecule has 0 saturated carbocycles. The molecule has 25 heavy (non-hydrogen) atoms. The summed E-state index contributed by atoms with van der Waals surface area (Å²) < 4.78 is 0. The largest absolute Gasteiger partial charge is 0.480 e. The second kappa shape index (κ2) is 13.2. The van der Waals surface area contributed by atoms with Crippen LogP contribution in [0.4, 0.5) is 0 Å². The van der Waals surface area contributed by atoms with E-state index >= 15 is 0 Å². The monoisotopic (exact) mass is 356 g/mol. The van der Waals surface area contributed by atoms with Gasteiger partial charge in [-0.1, -0.05) is 6.92 Å². The molecular weight excluding hydrogens is 320 g/mol. The Bertz CT molecular complexity index is 393. The van der Waals surface area contributed by atoms with Gasteiger partial charge < -0.3 is 15.3 Å². The van der Waals surface area contributed by atoms with Crippen LogP contribution in [0.2, 0.25) is 0 Å². The van der Waals surface area contributed by atoms with E-state index in [0.29, 0.717) is 6.54 Å². The van der Waals surface area contributed by atoms with Crippen LogP contribution in [-0.4, -0.2) is 104 Å². The first-order valence-electron chi connectivity index (χ1n) is 9.60. The first-order chi connectivity index (χ1) is 12.0. The molecule has 0 radical (unpaired) electrons. The molecule has 1 aliphatic heterocycles. The molecule has 0 bridgehead atoms. The lowest BCUT2D eigenvalue weighted by molar-refractivity contribution is -0.138. The predicted molar refractivity (Wildman–Crippen MR) is 100 cm³/mol. The number of ketones is 1. The summed E-state index contributed by atoms with van der Waals surface area (Å²) in [5.41, 5.74) is 0. The molecule has 0 aromatic carbocycles. The molecule has 146 valence electrons. The van der Waals surface area contributed by atoms with E-state index in [-0.39, 0.29) is 12.3 Å². The smallest absolute Gasteiger partial charge is 0.317 e. The van der Waals surface area contributed by atoms with Crippen molar-refractivity contribution in [3.63, 3.8) is 0 Å². The van der Waals surface area contributed by atoms with Crippen LogP contribution in [-0.2, 0) is 9.59 Å². The van der Waals surface area contributed by atoms with Gasteiger partial charge >= 0.3 is 5.97 Å². The molecule has 0 spiro atoms. The van der Waals surface area contributed by atoms with E-state index < -0.39 is 5.97 Å². The maximum atomic E-state index is 11.5. The zero-order valence-corrected chi connectivity index (χ0v) is 16.0. The van der Waals surface area contributed by atoms with Crippen LogP contribution in [0.25, 0.3) is 0 Å². The molecule has 1 saturated heterocycles. The predicted octanol–water partition coefficient (Wildman–Crippen LogP) is 0.359. The van der Waals surface area contributed by atoms with E-state index in [1.165, 1.54) is 0 Å². The van der Waals surface area contributed by atoms with Gasteiger partial charge in [-0.3, -0.25) is 19.4 Å². The number of carbonyl (C=O) groups is 2.